The van der Waals surface area contributed by atoms with Crippen LogP contribution in [-0.4, -0.2) is 19.2 Å². The van der Waals surface area contributed by atoms with E-state index in [1.165, 1.54) is 0 Å². The van der Waals surface area contributed by atoms with Crippen LogP contribution >= 0.6 is 35.6 Å². The second kappa shape index (κ2) is 11.0. The van der Waals surface area contributed by atoms with Crippen molar-refractivity contribution in [3.05, 3.63) is 53.1 Å². The van der Waals surface area contributed by atoms with Gasteiger partial charge in [-0.2, -0.15) is 0 Å². The van der Waals surface area contributed by atoms with E-state index in [9.17, 15) is 0 Å². The van der Waals surface area contributed by atoms with E-state index in [2.05, 4.69) is 10.3 Å². The molecule has 0 aromatic heterocycles. The maximum absolute atomic E-state index is 5.99. The van der Waals surface area contributed by atoms with Crippen LogP contribution in [0.2, 0.25) is 5.02 Å². The molecule has 0 aliphatic heterocycles. The number of anilines is 1. The largest absolute Gasteiger partial charge is 0.494 e. The zero-order valence-electron chi connectivity index (χ0n) is 14.3. The highest BCUT2D eigenvalue weighted by Gasteiger charge is 2.07. The summed E-state index contributed by atoms with van der Waals surface area (Å²) in [6.45, 7) is 5.48. The Labute approximate surface area is 170 Å². The first-order valence-electron chi connectivity index (χ1n) is 7.83. The normalized spacial score (nSPS) is 10.8. The number of hydrogen-bond acceptors (Lipinski definition) is 3. The van der Waals surface area contributed by atoms with E-state index in [0.717, 1.165) is 17.0 Å². The molecule has 0 bridgehead atoms. The fraction of sp³-hybridized carbons (Fsp3) is 0.278. The van der Waals surface area contributed by atoms with Crippen LogP contribution in [0.5, 0.6) is 11.5 Å². The zero-order valence-corrected chi connectivity index (χ0v) is 17.4. The molecule has 2 aromatic rings. The average molecular weight is 476 g/mol. The second-order valence-electron chi connectivity index (χ2n) is 4.98. The summed E-state index contributed by atoms with van der Waals surface area (Å²) in [4.78, 5) is 4.34. The van der Waals surface area contributed by atoms with Gasteiger partial charge in [-0.05, 0) is 43.7 Å². The summed E-state index contributed by atoms with van der Waals surface area (Å²) in [6.07, 6.45) is 0. The van der Waals surface area contributed by atoms with Gasteiger partial charge in [-0.1, -0.05) is 23.7 Å². The van der Waals surface area contributed by atoms with Crippen LogP contribution < -0.4 is 20.5 Å². The number of nitrogens with two attached hydrogens (primary N) is 1. The zero-order chi connectivity index (χ0) is 17.4. The van der Waals surface area contributed by atoms with Crippen molar-refractivity contribution in [2.24, 2.45) is 10.7 Å². The van der Waals surface area contributed by atoms with Crippen LogP contribution in [0.3, 0.4) is 0 Å². The minimum absolute atomic E-state index is 0. The highest BCUT2D eigenvalue weighted by molar-refractivity contribution is 14.0. The summed E-state index contributed by atoms with van der Waals surface area (Å²) < 4.78 is 11.1. The highest BCUT2D eigenvalue weighted by atomic mass is 127. The third-order valence-corrected chi connectivity index (χ3v) is 3.42. The predicted molar refractivity (Wildman–Crippen MR) is 115 cm³/mol. The summed E-state index contributed by atoms with van der Waals surface area (Å²) in [7, 11) is 0. The molecule has 0 saturated heterocycles. The average Bonchev–Trinajstić information content (AvgIpc) is 2.57. The van der Waals surface area contributed by atoms with Crippen molar-refractivity contribution in [2.45, 2.75) is 20.4 Å². The Morgan fingerprint density at radius 2 is 1.76 bits per heavy atom. The molecule has 5 nitrogen and oxygen atoms in total. The molecular weight excluding hydrogens is 453 g/mol. The second-order valence-corrected chi connectivity index (χ2v) is 5.41. The van der Waals surface area contributed by atoms with Crippen molar-refractivity contribution >= 4 is 47.2 Å². The maximum Gasteiger partial charge on any atom is 0.193 e. The van der Waals surface area contributed by atoms with Gasteiger partial charge in [-0.25, -0.2) is 4.99 Å². The summed E-state index contributed by atoms with van der Waals surface area (Å²) in [5.74, 6) is 1.75. The fourth-order valence-electron chi connectivity index (χ4n) is 2.09. The highest BCUT2D eigenvalue weighted by Crippen LogP contribution is 2.29. The van der Waals surface area contributed by atoms with Crippen LogP contribution in [0.25, 0.3) is 0 Å². The van der Waals surface area contributed by atoms with E-state index in [-0.39, 0.29) is 24.0 Å². The van der Waals surface area contributed by atoms with Crippen molar-refractivity contribution in [3.8, 4) is 11.5 Å². The third-order valence-electron chi connectivity index (χ3n) is 3.17. The van der Waals surface area contributed by atoms with Crippen molar-refractivity contribution < 1.29 is 9.47 Å². The van der Waals surface area contributed by atoms with Crippen molar-refractivity contribution in [1.29, 1.82) is 0 Å². The summed E-state index contributed by atoms with van der Waals surface area (Å²) in [5, 5.41) is 3.77. The van der Waals surface area contributed by atoms with Gasteiger partial charge in [0.15, 0.2) is 5.96 Å². The van der Waals surface area contributed by atoms with Crippen LogP contribution in [-0.2, 0) is 6.54 Å². The van der Waals surface area contributed by atoms with Gasteiger partial charge in [-0.3, -0.25) is 0 Å². The molecule has 0 aliphatic rings. The van der Waals surface area contributed by atoms with Crippen molar-refractivity contribution in [2.75, 3.05) is 18.5 Å². The van der Waals surface area contributed by atoms with E-state index in [1.54, 1.807) is 0 Å². The first kappa shape index (κ1) is 21.4. The van der Waals surface area contributed by atoms with Crippen LogP contribution in [0, 0.1) is 0 Å². The molecule has 136 valence electrons. The molecule has 0 amide bonds. The number of halogens is 2. The summed E-state index contributed by atoms with van der Waals surface area (Å²) in [5.41, 5.74) is 7.74. The topological polar surface area (TPSA) is 68.9 Å². The molecule has 0 unspecified atom stereocenters. The molecule has 0 atom stereocenters. The van der Waals surface area contributed by atoms with Gasteiger partial charge in [0.25, 0.3) is 0 Å². The number of hydrogen-bond donors (Lipinski definition) is 2. The fourth-order valence-corrected chi connectivity index (χ4v) is 2.21. The maximum atomic E-state index is 5.99. The molecular formula is C18H23ClIN3O2. The molecule has 2 aromatic carbocycles. The van der Waals surface area contributed by atoms with Gasteiger partial charge in [0.2, 0.25) is 0 Å². The molecule has 7 heteroatoms. The van der Waals surface area contributed by atoms with Gasteiger partial charge in [0.1, 0.15) is 11.5 Å². The molecule has 0 aliphatic carbocycles. The van der Waals surface area contributed by atoms with Crippen LogP contribution in [0.15, 0.2) is 47.5 Å². The van der Waals surface area contributed by atoms with E-state index in [4.69, 9.17) is 26.8 Å². The number of aliphatic imine (C=N–C) groups is 1. The first-order chi connectivity index (χ1) is 11.6. The van der Waals surface area contributed by atoms with Gasteiger partial charge >= 0.3 is 0 Å². The van der Waals surface area contributed by atoms with Gasteiger partial charge < -0.3 is 20.5 Å². The van der Waals surface area contributed by atoms with Crippen molar-refractivity contribution in [1.82, 2.24) is 0 Å². The third kappa shape index (κ3) is 6.99. The number of rotatable bonds is 7. The Morgan fingerprint density at radius 1 is 1.08 bits per heavy atom. The Bertz CT molecular complexity index is 693. The molecule has 0 radical (unpaired) electrons. The van der Waals surface area contributed by atoms with E-state index < -0.39 is 0 Å². The Kier molecular flexibility index (Phi) is 9.44. The van der Waals surface area contributed by atoms with E-state index in [0.29, 0.717) is 36.5 Å². The lowest BCUT2D eigenvalue weighted by Gasteiger charge is -2.14. The molecule has 25 heavy (non-hydrogen) atoms. The monoisotopic (exact) mass is 475 g/mol. The minimum atomic E-state index is 0. The standard InChI is InChI=1S/C18H22ClN3O2.HI/c1-3-23-15-9-10-17(24-4-2)16(11-15)22-18(20)21-12-13-5-7-14(19)8-6-13;/h5-11H,3-4,12H2,1-2H3,(H3,20,21,22);1H. The lowest BCUT2D eigenvalue weighted by atomic mass is 10.2. The molecule has 0 heterocycles. The predicted octanol–water partition coefficient (Wildman–Crippen LogP) is 4.68. The van der Waals surface area contributed by atoms with Crippen molar-refractivity contribution in [3.63, 3.8) is 0 Å². The van der Waals surface area contributed by atoms with Gasteiger partial charge in [-0.15, -0.1) is 24.0 Å². The number of nitrogens with zero attached hydrogens (tertiary/aromatic N) is 1. The number of nitrogens with one attached hydrogen (secondary N) is 1. The molecule has 3 N–H and O–H groups in total. The van der Waals surface area contributed by atoms with E-state index >= 15 is 0 Å². The Morgan fingerprint density at radius 3 is 2.40 bits per heavy atom. The minimum Gasteiger partial charge on any atom is -0.494 e. The lowest BCUT2D eigenvalue weighted by Crippen LogP contribution is -2.23. The SMILES string of the molecule is CCOc1ccc(OCC)c(NC(N)=NCc2ccc(Cl)cc2)c1.I. The first-order valence-corrected chi connectivity index (χ1v) is 8.21. The molecule has 0 spiro atoms. The van der Waals surface area contributed by atoms with Gasteiger partial charge in [0.05, 0.1) is 25.4 Å². The van der Waals surface area contributed by atoms with Crippen LogP contribution in [0.1, 0.15) is 19.4 Å². The molecule has 0 fully saturated rings. The Hall–Kier alpha value is -1.67. The van der Waals surface area contributed by atoms with Gasteiger partial charge in [0, 0.05) is 11.1 Å². The summed E-state index contributed by atoms with van der Waals surface area (Å²) >= 11 is 5.87. The Balaban J connectivity index is 0.00000312. The lowest BCUT2D eigenvalue weighted by molar-refractivity contribution is 0.332. The quantitative estimate of drug-likeness (QED) is 0.346. The van der Waals surface area contributed by atoms with E-state index in [1.807, 2.05) is 56.3 Å². The number of guanidine groups is 1. The molecule has 2 rings (SSSR count). The summed E-state index contributed by atoms with van der Waals surface area (Å²) in [6, 6.07) is 13.0. The number of benzene rings is 2. The van der Waals surface area contributed by atoms with Crippen LogP contribution in [0.4, 0.5) is 5.69 Å². The number of ether oxygens (including phenoxy) is 2. The molecule has 0 saturated carbocycles. The smallest absolute Gasteiger partial charge is 0.193 e.